The van der Waals surface area contributed by atoms with E-state index in [0.717, 1.165) is 0 Å². The zero-order chi connectivity index (χ0) is 13.7. The number of carboxylic acid groups (broad SMARTS) is 1. The first kappa shape index (κ1) is 14.4. The van der Waals surface area contributed by atoms with E-state index in [1.165, 1.54) is 5.56 Å². The first-order chi connectivity index (χ1) is 8.40. The Kier molecular flexibility index (Phi) is 5.08. The van der Waals surface area contributed by atoms with Crippen LogP contribution in [0.5, 0.6) is 0 Å². The van der Waals surface area contributed by atoms with E-state index in [9.17, 15) is 9.59 Å². The summed E-state index contributed by atoms with van der Waals surface area (Å²) < 4.78 is 0. The topological polar surface area (TPSA) is 54.4 Å². The summed E-state index contributed by atoms with van der Waals surface area (Å²) in [7, 11) is 0. The molecule has 1 N–H and O–H groups in total. The van der Waals surface area contributed by atoms with Gasteiger partial charge in [-0.1, -0.05) is 45.0 Å². The molecule has 0 unspecified atom stereocenters. The molecule has 0 amide bonds. The molecule has 0 fully saturated rings. The van der Waals surface area contributed by atoms with Crippen molar-refractivity contribution in [2.75, 3.05) is 0 Å². The number of carbonyl (C=O) groups excluding carboxylic acids is 1. The van der Waals surface area contributed by atoms with Crippen LogP contribution in [-0.4, -0.2) is 16.9 Å². The van der Waals surface area contributed by atoms with Crippen LogP contribution in [0.3, 0.4) is 0 Å². The van der Waals surface area contributed by atoms with Gasteiger partial charge >= 0.3 is 5.97 Å². The SMILES string of the molecule is CC(C)c1ccc(C(=O)C[C@@H](C)CC(=O)O)cc1. The van der Waals surface area contributed by atoms with Crippen LogP contribution in [0.1, 0.15) is 55.5 Å². The van der Waals surface area contributed by atoms with E-state index in [1.807, 2.05) is 24.3 Å². The number of hydrogen-bond donors (Lipinski definition) is 1. The number of carboxylic acids is 1. The van der Waals surface area contributed by atoms with Crippen LogP contribution in [-0.2, 0) is 4.79 Å². The highest BCUT2D eigenvalue weighted by atomic mass is 16.4. The summed E-state index contributed by atoms with van der Waals surface area (Å²) in [6.07, 6.45) is 0.323. The van der Waals surface area contributed by atoms with Crippen molar-refractivity contribution in [3.63, 3.8) is 0 Å². The zero-order valence-electron chi connectivity index (χ0n) is 11.1. The second kappa shape index (κ2) is 6.34. The lowest BCUT2D eigenvalue weighted by atomic mass is 9.95. The van der Waals surface area contributed by atoms with E-state index >= 15 is 0 Å². The highest BCUT2D eigenvalue weighted by Crippen LogP contribution is 2.17. The van der Waals surface area contributed by atoms with E-state index in [-0.39, 0.29) is 24.5 Å². The third-order valence-electron chi connectivity index (χ3n) is 2.96. The van der Waals surface area contributed by atoms with Gasteiger partial charge in [-0.2, -0.15) is 0 Å². The van der Waals surface area contributed by atoms with Gasteiger partial charge in [-0.25, -0.2) is 0 Å². The van der Waals surface area contributed by atoms with Gasteiger partial charge in [0.15, 0.2) is 5.78 Å². The standard InChI is InChI=1S/C15H20O3/c1-10(2)12-4-6-13(7-5-12)14(16)8-11(3)9-15(17)18/h4-7,10-11H,8-9H2,1-3H3,(H,17,18)/t11-/m1/s1. The predicted molar refractivity (Wildman–Crippen MR) is 70.9 cm³/mol. The van der Waals surface area contributed by atoms with Gasteiger partial charge < -0.3 is 5.11 Å². The number of hydrogen-bond acceptors (Lipinski definition) is 2. The molecule has 0 spiro atoms. The van der Waals surface area contributed by atoms with Crippen molar-refractivity contribution in [3.8, 4) is 0 Å². The van der Waals surface area contributed by atoms with Crippen molar-refractivity contribution >= 4 is 11.8 Å². The molecule has 0 radical (unpaired) electrons. The third-order valence-corrected chi connectivity index (χ3v) is 2.96. The van der Waals surface area contributed by atoms with E-state index in [2.05, 4.69) is 13.8 Å². The largest absolute Gasteiger partial charge is 0.481 e. The Morgan fingerprint density at radius 1 is 1.06 bits per heavy atom. The van der Waals surface area contributed by atoms with Crippen LogP contribution < -0.4 is 0 Å². The van der Waals surface area contributed by atoms with Crippen LogP contribution in [0.4, 0.5) is 0 Å². The quantitative estimate of drug-likeness (QED) is 0.784. The van der Waals surface area contributed by atoms with Crippen LogP contribution in [0.2, 0.25) is 0 Å². The molecule has 98 valence electrons. The molecule has 0 saturated heterocycles. The lowest BCUT2D eigenvalue weighted by Gasteiger charge is -2.09. The summed E-state index contributed by atoms with van der Waals surface area (Å²) in [4.78, 5) is 22.5. The summed E-state index contributed by atoms with van der Waals surface area (Å²) >= 11 is 0. The smallest absolute Gasteiger partial charge is 0.303 e. The van der Waals surface area contributed by atoms with Crippen molar-refractivity contribution < 1.29 is 14.7 Å². The Labute approximate surface area is 108 Å². The number of benzene rings is 1. The molecule has 3 heteroatoms. The molecule has 1 aromatic carbocycles. The van der Waals surface area contributed by atoms with E-state index in [0.29, 0.717) is 11.5 Å². The summed E-state index contributed by atoms with van der Waals surface area (Å²) in [5.41, 5.74) is 1.86. The first-order valence-corrected chi connectivity index (χ1v) is 6.25. The molecule has 0 aliphatic heterocycles. The minimum absolute atomic E-state index is 0.0130. The Morgan fingerprint density at radius 2 is 1.61 bits per heavy atom. The lowest BCUT2D eigenvalue weighted by molar-refractivity contribution is -0.137. The molecular formula is C15H20O3. The molecule has 1 atom stereocenters. The van der Waals surface area contributed by atoms with Crippen molar-refractivity contribution in [1.29, 1.82) is 0 Å². The van der Waals surface area contributed by atoms with Gasteiger partial charge in [0.2, 0.25) is 0 Å². The predicted octanol–water partition coefficient (Wildman–Crippen LogP) is 3.49. The van der Waals surface area contributed by atoms with Crippen LogP contribution in [0.15, 0.2) is 24.3 Å². The number of carbonyl (C=O) groups is 2. The van der Waals surface area contributed by atoms with Gasteiger partial charge in [-0.15, -0.1) is 0 Å². The first-order valence-electron chi connectivity index (χ1n) is 6.25. The molecule has 1 rings (SSSR count). The highest BCUT2D eigenvalue weighted by Gasteiger charge is 2.14. The van der Waals surface area contributed by atoms with E-state index in [1.54, 1.807) is 6.92 Å². The fourth-order valence-corrected chi connectivity index (χ4v) is 1.86. The number of Topliss-reactive ketones (excluding diaryl/α,β-unsaturated/α-hetero) is 1. The fourth-order valence-electron chi connectivity index (χ4n) is 1.86. The van der Waals surface area contributed by atoms with Gasteiger partial charge in [0.25, 0.3) is 0 Å². The summed E-state index contributed by atoms with van der Waals surface area (Å²) in [5.74, 6) is -0.524. The minimum atomic E-state index is -0.856. The molecule has 0 saturated carbocycles. The van der Waals surface area contributed by atoms with Crippen molar-refractivity contribution in [3.05, 3.63) is 35.4 Å². The van der Waals surface area contributed by atoms with E-state index < -0.39 is 5.97 Å². The highest BCUT2D eigenvalue weighted by molar-refractivity contribution is 5.96. The van der Waals surface area contributed by atoms with Gasteiger partial charge in [0.05, 0.1) is 0 Å². The Bertz CT molecular complexity index is 418. The van der Waals surface area contributed by atoms with Gasteiger partial charge in [0, 0.05) is 18.4 Å². The number of ketones is 1. The summed E-state index contributed by atoms with van der Waals surface area (Å²) in [6.45, 7) is 5.99. The van der Waals surface area contributed by atoms with Crippen molar-refractivity contribution in [2.24, 2.45) is 5.92 Å². The third kappa shape index (κ3) is 4.32. The Hall–Kier alpha value is -1.64. The summed E-state index contributed by atoms with van der Waals surface area (Å²) in [6, 6.07) is 7.57. The van der Waals surface area contributed by atoms with Crippen molar-refractivity contribution in [1.82, 2.24) is 0 Å². The molecule has 18 heavy (non-hydrogen) atoms. The molecule has 3 nitrogen and oxygen atoms in total. The van der Waals surface area contributed by atoms with Crippen LogP contribution in [0.25, 0.3) is 0 Å². The second-order valence-electron chi connectivity index (χ2n) is 5.11. The maximum absolute atomic E-state index is 11.9. The summed E-state index contributed by atoms with van der Waals surface area (Å²) in [5, 5.41) is 8.65. The molecule has 0 aliphatic rings. The molecule has 0 aliphatic carbocycles. The number of rotatable bonds is 6. The molecular weight excluding hydrogens is 228 g/mol. The van der Waals surface area contributed by atoms with Crippen LogP contribution >= 0.6 is 0 Å². The van der Waals surface area contributed by atoms with Crippen molar-refractivity contribution in [2.45, 2.75) is 39.5 Å². The fraction of sp³-hybridized carbons (Fsp3) is 0.467. The molecule has 1 aromatic rings. The van der Waals surface area contributed by atoms with E-state index in [4.69, 9.17) is 5.11 Å². The normalized spacial score (nSPS) is 12.4. The molecule has 0 bridgehead atoms. The van der Waals surface area contributed by atoms with Gasteiger partial charge in [0.1, 0.15) is 0 Å². The zero-order valence-corrected chi connectivity index (χ0v) is 11.1. The molecule has 0 aromatic heterocycles. The maximum atomic E-state index is 11.9. The Balaban J connectivity index is 2.64. The second-order valence-corrected chi connectivity index (χ2v) is 5.11. The Morgan fingerprint density at radius 3 is 2.06 bits per heavy atom. The van der Waals surface area contributed by atoms with Crippen LogP contribution in [0, 0.1) is 5.92 Å². The van der Waals surface area contributed by atoms with Gasteiger partial charge in [-0.3, -0.25) is 9.59 Å². The monoisotopic (exact) mass is 248 g/mol. The maximum Gasteiger partial charge on any atom is 0.303 e. The molecule has 0 heterocycles. The minimum Gasteiger partial charge on any atom is -0.481 e. The average molecular weight is 248 g/mol. The number of aliphatic carboxylic acids is 1. The van der Waals surface area contributed by atoms with Gasteiger partial charge in [-0.05, 0) is 17.4 Å². The average Bonchev–Trinajstić information content (AvgIpc) is 2.27. The lowest BCUT2D eigenvalue weighted by Crippen LogP contribution is -2.10.